The maximum atomic E-state index is 11.8. The lowest BCUT2D eigenvalue weighted by molar-refractivity contribution is 0.215. The fraction of sp³-hybridized carbons (Fsp3) is 0.455. The minimum atomic E-state index is -3.25. The van der Waals surface area contributed by atoms with Crippen molar-refractivity contribution in [1.29, 1.82) is 0 Å². The Kier molecular flexibility index (Phi) is 5.58. The summed E-state index contributed by atoms with van der Waals surface area (Å²) in [6.07, 6.45) is 0. The minimum Gasteiger partial charge on any atom is -0.384 e. The molecule has 0 bridgehead atoms. The molecule has 1 rings (SSSR count). The molecule has 96 valence electrons. The molecule has 0 N–H and O–H groups in total. The average Bonchev–Trinajstić information content (AvgIpc) is 2.29. The normalized spacial score (nSPS) is 12.0. The fourth-order valence-electron chi connectivity index (χ4n) is 1.31. The van der Waals surface area contributed by atoms with Gasteiger partial charge in [-0.25, -0.2) is 12.7 Å². The van der Waals surface area contributed by atoms with Gasteiger partial charge >= 0.3 is 0 Å². The molecule has 0 saturated carbocycles. The highest BCUT2D eigenvalue weighted by molar-refractivity contribution is 9.10. The van der Waals surface area contributed by atoms with Crippen LogP contribution in [0, 0.1) is 0 Å². The predicted octanol–water partition coefficient (Wildman–Crippen LogP) is 1.86. The van der Waals surface area contributed by atoms with E-state index < -0.39 is 10.0 Å². The summed E-state index contributed by atoms with van der Waals surface area (Å²) < 4.78 is 30.7. The van der Waals surface area contributed by atoms with Crippen molar-refractivity contribution in [3.63, 3.8) is 0 Å². The summed E-state index contributed by atoms with van der Waals surface area (Å²) in [5.41, 5.74) is 0.941. The predicted molar refractivity (Wildman–Crippen MR) is 71.3 cm³/mol. The summed E-state index contributed by atoms with van der Waals surface area (Å²) in [5, 5.41) is 0. The summed E-state index contributed by atoms with van der Waals surface area (Å²) in [4.78, 5) is 0. The number of ether oxygens (including phenoxy) is 1. The van der Waals surface area contributed by atoms with Gasteiger partial charge in [-0.1, -0.05) is 34.1 Å². The summed E-state index contributed by atoms with van der Waals surface area (Å²) in [7, 11) is -0.187. The van der Waals surface area contributed by atoms with E-state index >= 15 is 0 Å². The van der Waals surface area contributed by atoms with Gasteiger partial charge in [0.1, 0.15) is 0 Å². The van der Waals surface area contributed by atoms with Gasteiger partial charge in [0.2, 0.25) is 10.0 Å². The molecule has 1 aromatic carbocycles. The molecule has 0 unspecified atom stereocenters. The molecule has 0 heterocycles. The number of halogens is 1. The first kappa shape index (κ1) is 14.6. The van der Waals surface area contributed by atoms with Crippen molar-refractivity contribution in [3.05, 3.63) is 34.3 Å². The number of benzene rings is 1. The zero-order valence-electron chi connectivity index (χ0n) is 9.89. The Morgan fingerprint density at radius 2 is 2.00 bits per heavy atom. The Balaban J connectivity index is 2.72. The lowest BCUT2D eigenvalue weighted by Gasteiger charge is -2.17. The minimum absolute atomic E-state index is 0.00442. The van der Waals surface area contributed by atoms with E-state index in [-0.39, 0.29) is 12.4 Å². The lowest BCUT2D eigenvalue weighted by atomic mass is 10.2. The Morgan fingerprint density at radius 1 is 1.35 bits per heavy atom. The van der Waals surface area contributed by atoms with Crippen LogP contribution in [0.25, 0.3) is 0 Å². The monoisotopic (exact) mass is 321 g/mol. The van der Waals surface area contributed by atoms with Gasteiger partial charge in [-0.2, -0.15) is 0 Å². The molecular weight excluding hydrogens is 306 g/mol. The van der Waals surface area contributed by atoms with Crippen LogP contribution in [0.5, 0.6) is 0 Å². The number of hydrogen-bond acceptors (Lipinski definition) is 3. The van der Waals surface area contributed by atoms with Gasteiger partial charge in [0, 0.05) is 25.2 Å². The Bertz CT molecular complexity index is 462. The third kappa shape index (κ3) is 4.39. The van der Waals surface area contributed by atoms with E-state index in [2.05, 4.69) is 15.9 Å². The summed E-state index contributed by atoms with van der Waals surface area (Å²) >= 11 is 3.40. The van der Waals surface area contributed by atoms with Crippen molar-refractivity contribution < 1.29 is 13.2 Å². The summed E-state index contributed by atoms with van der Waals surface area (Å²) in [5.74, 6) is 0.00442. The number of hydrogen-bond donors (Lipinski definition) is 0. The quantitative estimate of drug-likeness (QED) is 0.803. The van der Waals surface area contributed by atoms with Crippen LogP contribution in [-0.4, -0.2) is 39.2 Å². The first-order valence-corrected chi connectivity index (χ1v) is 7.54. The van der Waals surface area contributed by atoms with E-state index in [9.17, 15) is 8.42 Å². The summed E-state index contributed by atoms with van der Waals surface area (Å²) in [6, 6.07) is 7.57. The van der Waals surface area contributed by atoms with Crippen molar-refractivity contribution in [2.24, 2.45) is 0 Å². The second kappa shape index (κ2) is 6.49. The van der Waals surface area contributed by atoms with Crippen molar-refractivity contribution in [2.75, 3.05) is 26.5 Å². The number of methoxy groups -OCH3 is 1. The zero-order chi connectivity index (χ0) is 12.9. The molecule has 6 heteroatoms. The maximum absolute atomic E-state index is 11.8. The second-order valence-corrected chi connectivity index (χ2v) is 6.71. The van der Waals surface area contributed by atoms with Crippen molar-refractivity contribution in [1.82, 2.24) is 4.31 Å². The van der Waals surface area contributed by atoms with Crippen LogP contribution in [0.4, 0.5) is 0 Å². The van der Waals surface area contributed by atoms with Crippen LogP contribution in [-0.2, 0) is 21.3 Å². The second-order valence-electron chi connectivity index (χ2n) is 3.66. The standard InChI is InChI=1S/C11H16BrNO3S/c1-13(17(14,15)8-7-16-2)9-10-5-3-4-6-11(10)12/h3-6H,7-9H2,1-2H3. The molecule has 0 atom stereocenters. The van der Waals surface area contributed by atoms with Crippen LogP contribution < -0.4 is 0 Å². The first-order valence-electron chi connectivity index (χ1n) is 5.13. The highest BCUT2D eigenvalue weighted by Gasteiger charge is 2.18. The van der Waals surface area contributed by atoms with Gasteiger partial charge in [-0.05, 0) is 11.6 Å². The third-order valence-electron chi connectivity index (χ3n) is 2.37. The molecule has 0 aliphatic rings. The van der Waals surface area contributed by atoms with Crippen molar-refractivity contribution >= 4 is 26.0 Å². The van der Waals surface area contributed by atoms with Crippen LogP contribution in [0.2, 0.25) is 0 Å². The molecule has 17 heavy (non-hydrogen) atoms. The lowest BCUT2D eigenvalue weighted by Crippen LogP contribution is -2.30. The van der Waals surface area contributed by atoms with Gasteiger partial charge in [0.05, 0.1) is 12.4 Å². The van der Waals surface area contributed by atoms with Crippen molar-refractivity contribution in [3.8, 4) is 0 Å². The molecule has 0 aliphatic heterocycles. The third-order valence-corrected chi connectivity index (χ3v) is 4.91. The van der Waals surface area contributed by atoms with Crippen LogP contribution in [0.1, 0.15) is 5.56 Å². The smallest absolute Gasteiger partial charge is 0.216 e. The fourth-order valence-corrected chi connectivity index (χ4v) is 2.74. The molecule has 0 radical (unpaired) electrons. The Hall–Kier alpha value is -0.430. The number of nitrogens with zero attached hydrogens (tertiary/aromatic N) is 1. The first-order chi connectivity index (χ1) is 7.97. The highest BCUT2D eigenvalue weighted by atomic mass is 79.9. The van der Waals surface area contributed by atoms with Crippen molar-refractivity contribution in [2.45, 2.75) is 6.54 Å². The van der Waals surface area contributed by atoms with Gasteiger partial charge in [0.15, 0.2) is 0 Å². The molecule has 4 nitrogen and oxygen atoms in total. The van der Waals surface area contributed by atoms with Crippen LogP contribution in [0.3, 0.4) is 0 Å². The molecule has 0 amide bonds. The Morgan fingerprint density at radius 3 is 2.59 bits per heavy atom. The zero-order valence-corrected chi connectivity index (χ0v) is 12.3. The van der Waals surface area contributed by atoms with Gasteiger partial charge in [-0.15, -0.1) is 0 Å². The van der Waals surface area contributed by atoms with Gasteiger partial charge in [0.25, 0.3) is 0 Å². The average molecular weight is 322 g/mol. The van der Waals surface area contributed by atoms with Crippen LogP contribution in [0.15, 0.2) is 28.7 Å². The molecule has 0 fully saturated rings. The summed E-state index contributed by atoms with van der Waals surface area (Å²) in [6.45, 7) is 0.566. The van der Waals surface area contributed by atoms with E-state index in [0.717, 1.165) is 10.0 Å². The molecule has 0 spiro atoms. The van der Waals surface area contributed by atoms with E-state index in [1.807, 2.05) is 24.3 Å². The topological polar surface area (TPSA) is 46.6 Å². The van der Waals surface area contributed by atoms with E-state index in [1.54, 1.807) is 7.05 Å². The van der Waals surface area contributed by atoms with E-state index in [0.29, 0.717) is 6.54 Å². The number of rotatable bonds is 6. The van der Waals surface area contributed by atoms with E-state index in [4.69, 9.17) is 4.74 Å². The molecule has 0 aromatic heterocycles. The molecular formula is C11H16BrNO3S. The number of sulfonamides is 1. The van der Waals surface area contributed by atoms with Gasteiger partial charge in [-0.3, -0.25) is 0 Å². The maximum Gasteiger partial charge on any atom is 0.216 e. The van der Waals surface area contributed by atoms with Crippen LogP contribution >= 0.6 is 15.9 Å². The molecule has 0 aliphatic carbocycles. The highest BCUT2D eigenvalue weighted by Crippen LogP contribution is 2.18. The molecule has 0 saturated heterocycles. The largest absolute Gasteiger partial charge is 0.384 e. The Labute approximate surface area is 111 Å². The molecule has 1 aromatic rings. The van der Waals surface area contributed by atoms with E-state index in [1.165, 1.54) is 11.4 Å². The van der Waals surface area contributed by atoms with Gasteiger partial charge < -0.3 is 4.74 Å². The SMILES string of the molecule is COCCS(=O)(=O)N(C)Cc1ccccc1Br.